The van der Waals surface area contributed by atoms with Gasteiger partial charge in [-0.25, -0.2) is 4.79 Å². The van der Waals surface area contributed by atoms with Gasteiger partial charge in [0.25, 0.3) is 0 Å². The van der Waals surface area contributed by atoms with Crippen LogP contribution in [0.25, 0.3) is 0 Å². The van der Waals surface area contributed by atoms with Gasteiger partial charge in [-0.1, -0.05) is 13.0 Å². The topological polar surface area (TPSA) is 52.6 Å². The van der Waals surface area contributed by atoms with E-state index in [-0.39, 0.29) is 18.7 Å². The van der Waals surface area contributed by atoms with E-state index in [1.807, 2.05) is 17.9 Å². The lowest BCUT2D eigenvalue weighted by molar-refractivity contribution is 0.134. The molecule has 0 aromatic heterocycles. The van der Waals surface area contributed by atoms with Crippen LogP contribution in [0, 0.1) is 0 Å². The predicted octanol–water partition coefficient (Wildman–Crippen LogP) is 1.86. The SMILES string of the molecule is CC/C=C/NC(=O)N1CCCCC1CCO. The minimum absolute atomic E-state index is 0.0390. The molecule has 0 spiro atoms. The molecule has 0 aliphatic carbocycles. The summed E-state index contributed by atoms with van der Waals surface area (Å²) in [6.45, 7) is 2.98. The first-order valence-electron chi connectivity index (χ1n) is 6.12. The molecule has 1 saturated heterocycles. The average Bonchev–Trinajstić information content (AvgIpc) is 2.30. The molecular weight excluding hydrogens is 204 g/mol. The lowest BCUT2D eigenvalue weighted by atomic mass is 10.0. The van der Waals surface area contributed by atoms with E-state index in [2.05, 4.69) is 5.32 Å². The molecule has 1 aliphatic heterocycles. The summed E-state index contributed by atoms with van der Waals surface area (Å²) in [4.78, 5) is 13.7. The third-order valence-corrected chi connectivity index (χ3v) is 2.91. The second-order valence-corrected chi connectivity index (χ2v) is 4.12. The van der Waals surface area contributed by atoms with Crippen LogP contribution in [0.5, 0.6) is 0 Å². The molecule has 2 amide bonds. The van der Waals surface area contributed by atoms with Gasteiger partial charge in [0.05, 0.1) is 0 Å². The maximum atomic E-state index is 11.8. The molecule has 0 radical (unpaired) electrons. The fourth-order valence-electron chi connectivity index (χ4n) is 2.05. The highest BCUT2D eigenvalue weighted by atomic mass is 16.3. The third-order valence-electron chi connectivity index (χ3n) is 2.91. The van der Waals surface area contributed by atoms with Crippen LogP contribution in [0.15, 0.2) is 12.3 Å². The van der Waals surface area contributed by atoms with Crippen LogP contribution in [0.4, 0.5) is 4.79 Å². The molecule has 4 nitrogen and oxygen atoms in total. The Morgan fingerprint density at radius 1 is 1.56 bits per heavy atom. The van der Waals surface area contributed by atoms with Crippen LogP contribution in [-0.4, -0.2) is 35.2 Å². The number of carbonyl (C=O) groups excluding carboxylic acids is 1. The smallest absolute Gasteiger partial charge is 0.321 e. The third kappa shape index (κ3) is 3.85. The molecule has 16 heavy (non-hydrogen) atoms. The number of nitrogens with zero attached hydrogens (tertiary/aromatic N) is 1. The number of carbonyl (C=O) groups is 1. The molecule has 1 rings (SSSR count). The van der Waals surface area contributed by atoms with Crippen LogP contribution < -0.4 is 5.32 Å². The van der Waals surface area contributed by atoms with Crippen LogP contribution in [0.2, 0.25) is 0 Å². The van der Waals surface area contributed by atoms with Gasteiger partial charge < -0.3 is 15.3 Å². The zero-order valence-electron chi connectivity index (χ0n) is 9.98. The highest BCUT2D eigenvalue weighted by molar-refractivity contribution is 5.75. The summed E-state index contributed by atoms with van der Waals surface area (Å²) in [6.07, 6.45) is 8.44. The van der Waals surface area contributed by atoms with Crippen molar-refractivity contribution >= 4 is 6.03 Å². The summed E-state index contributed by atoms with van der Waals surface area (Å²) in [6, 6.07) is 0.164. The van der Waals surface area contributed by atoms with E-state index in [0.29, 0.717) is 6.42 Å². The van der Waals surface area contributed by atoms with E-state index in [9.17, 15) is 4.79 Å². The van der Waals surface area contributed by atoms with Gasteiger partial charge in [-0.05, 0) is 32.1 Å². The summed E-state index contributed by atoms with van der Waals surface area (Å²) in [5, 5.41) is 11.7. The number of nitrogens with one attached hydrogen (secondary N) is 1. The first-order chi connectivity index (χ1) is 7.79. The zero-order valence-corrected chi connectivity index (χ0v) is 9.98. The fraction of sp³-hybridized carbons (Fsp3) is 0.750. The molecule has 0 aromatic rings. The normalized spacial score (nSPS) is 21.4. The Balaban J connectivity index is 2.46. The summed E-state index contributed by atoms with van der Waals surface area (Å²) < 4.78 is 0. The van der Waals surface area contributed by atoms with Crippen molar-refractivity contribution in [3.05, 3.63) is 12.3 Å². The van der Waals surface area contributed by atoms with Crippen molar-refractivity contribution in [2.45, 2.75) is 45.1 Å². The van der Waals surface area contributed by atoms with Crippen molar-refractivity contribution in [2.24, 2.45) is 0 Å². The van der Waals surface area contributed by atoms with Gasteiger partial charge in [0, 0.05) is 25.4 Å². The molecule has 92 valence electrons. The van der Waals surface area contributed by atoms with E-state index in [0.717, 1.165) is 32.2 Å². The number of rotatable bonds is 4. The van der Waals surface area contributed by atoms with Gasteiger partial charge in [-0.2, -0.15) is 0 Å². The first-order valence-corrected chi connectivity index (χ1v) is 6.12. The van der Waals surface area contributed by atoms with Gasteiger partial charge in [-0.3, -0.25) is 0 Å². The maximum Gasteiger partial charge on any atom is 0.321 e. The Bertz CT molecular complexity index is 239. The predicted molar refractivity (Wildman–Crippen MR) is 64.0 cm³/mol. The number of hydrogen-bond acceptors (Lipinski definition) is 2. The number of likely N-dealkylation sites (tertiary alicyclic amines) is 1. The van der Waals surface area contributed by atoms with Crippen molar-refractivity contribution in [2.75, 3.05) is 13.2 Å². The lowest BCUT2D eigenvalue weighted by Gasteiger charge is -2.35. The average molecular weight is 226 g/mol. The quantitative estimate of drug-likeness (QED) is 0.768. The number of hydrogen-bond donors (Lipinski definition) is 2. The van der Waals surface area contributed by atoms with Crippen LogP contribution in [0.3, 0.4) is 0 Å². The highest BCUT2D eigenvalue weighted by Crippen LogP contribution is 2.19. The Morgan fingerprint density at radius 2 is 2.38 bits per heavy atom. The minimum atomic E-state index is -0.0390. The molecule has 1 fully saturated rings. The van der Waals surface area contributed by atoms with Crippen LogP contribution in [0.1, 0.15) is 39.0 Å². The standard InChI is InChI=1S/C12H22N2O2/c1-2-3-8-13-12(16)14-9-5-4-6-11(14)7-10-15/h3,8,11,15H,2,4-7,9-10H2,1H3,(H,13,16)/b8-3+. The van der Waals surface area contributed by atoms with E-state index >= 15 is 0 Å². The second-order valence-electron chi connectivity index (χ2n) is 4.12. The monoisotopic (exact) mass is 226 g/mol. The molecule has 1 atom stereocenters. The van der Waals surface area contributed by atoms with Crippen molar-refractivity contribution in [3.8, 4) is 0 Å². The molecular formula is C12H22N2O2. The van der Waals surface area contributed by atoms with E-state index in [1.165, 1.54) is 0 Å². The number of piperidine rings is 1. The van der Waals surface area contributed by atoms with Gasteiger partial charge in [0.15, 0.2) is 0 Å². The summed E-state index contributed by atoms with van der Waals surface area (Å²) in [7, 11) is 0. The molecule has 1 aliphatic rings. The second kappa shape index (κ2) is 7.28. The molecule has 4 heteroatoms. The zero-order chi connectivity index (χ0) is 11.8. The molecule has 0 saturated carbocycles. The fourth-order valence-corrected chi connectivity index (χ4v) is 2.05. The highest BCUT2D eigenvalue weighted by Gasteiger charge is 2.25. The molecule has 1 heterocycles. The number of allylic oxidation sites excluding steroid dienone is 1. The van der Waals surface area contributed by atoms with Gasteiger partial charge in [0.1, 0.15) is 0 Å². The van der Waals surface area contributed by atoms with Gasteiger partial charge in [0.2, 0.25) is 0 Å². The van der Waals surface area contributed by atoms with Gasteiger partial charge >= 0.3 is 6.03 Å². The molecule has 0 aromatic carbocycles. The Hall–Kier alpha value is -1.03. The van der Waals surface area contributed by atoms with Crippen LogP contribution in [-0.2, 0) is 0 Å². The number of aliphatic hydroxyl groups is 1. The number of urea groups is 1. The Morgan fingerprint density at radius 3 is 3.06 bits per heavy atom. The Labute approximate surface area is 97.3 Å². The van der Waals surface area contributed by atoms with Crippen molar-refractivity contribution in [1.82, 2.24) is 10.2 Å². The van der Waals surface area contributed by atoms with E-state index in [1.54, 1.807) is 6.20 Å². The van der Waals surface area contributed by atoms with E-state index < -0.39 is 0 Å². The van der Waals surface area contributed by atoms with Crippen molar-refractivity contribution in [3.63, 3.8) is 0 Å². The summed E-state index contributed by atoms with van der Waals surface area (Å²) in [5.41, 5.74) is 0. The van der Waals surface area contributed by atoms with Crippen molar-refractivity contribution in [1.29, 1.82) is 0 Å². The van der Waals surface area contributed by atoms with Crippen LogP contribution >= 0.6 is 0 Å². The number of amides is 2. The van der Waals surface area contributed by atoms with E-state index in [4.69, 9.17) is 5.11 Å². The summed E-state index contributed by atoms with van der Waals surface area (Å²) >= 11 is 0. The van der Waals surface area contributed by atoms with Crippen molar-refractivity contribution < 1.29 is 9.90 Å². The van der Waals surface area contributed by atoms with Gasteiger partial charge in [-0.15, -0.1) is 0 Å². The largest absolute Gasteiger partial charge is 0.396 e. The lowest BCUT2D eigenvalue weighted by Crippen LogP contribution is -2.47. The number of aliphatic hydroxyl groups excluding tert-OH is 1. The molecule has 1 unspecified atom stereocenters. The Kier molecular flexibility index (Phi) is 5.93. The first kappa shape index (κ1) is 13.0. The molecule has 2 N–H and O–H groups in total. The summed E-state index contributed by atoms with van der Waals surface area (Å²) in [5.74, 6) is 0. The maximum absolute atomic E-state index is 11.8. The minimum Gasteiger partial charge on any atom is -0.396 e. The molecule has 0 bridgehead atoms.